The molecule has 6 heteroatoms. The molecule has 0 fully saturated rings. The predicted octanol–water partition coefficient (Wildman–Crippen LogP) is 1.11. The molecule has 4 N–H and O–H groups in total. The van der Waals surface area contributed by atoms with Crippen molar-refractivity contribution in [3.63, 3.8) is 0 Å². The minimum absolute atomic E-state index is 0.327. The molecule has 102 valence electrons. The van der Waals surface area contributed by atoms with Gasteiger partial charge in [-0.15, -0.1) is 0 Å². The van der Waals surface area contributed by atoms with E-state index in [4.69, 9.17) is 23.1 Å². The zero-order valence-electron chi connectivity index (χ0n) is 10.6. The molecule has 0 aromatic heterocycles. The molecular formula is C13H16N2O3S. The Kier molecular flexibility index (Phi) is 5.44. The van der Waals surface area contributed by atoms with Crippen LogP contribution in [0.3, 0.4) is 0 Å². The smallest absolute Gasteiger partial charge is 0.326 e. The van der Waals surface area contributed by atoms with Gasteiger partial charge in [0.2, 0.25) is 0 Å². The molecule has 0 spiro atoms. The number of hydrogen-bond donors (Lipinski definition) is 3. The van der Waals surface area contributed by atoms with Gasteiger partial charge in [0, 0.05) is 12.0 Å². The molecule has 5 nitrogen and oxygen atoms in total. The van der Waals surface area contributed by atoms with E-state index in [2.05, 4.69) is 5.32 Å². The Morgan fingerprint density at radius 2 is 2.16 bits per heavy atom. The van der Waals surface area contributed by atoms with E-state index in [1.54, 1.807) is 25.1 Å². The average molecular weight is 280 g/mol. The molecule has 1 atom stereocenters. The van der Waals surface area contributed by atoms with Crippen molar-refractivity contribution in [3.05, 3.63) is 35.4 Å². The second kappa shape index (κ2) is 6.84. The summed E-state index contributed by atoms with van der Waals surface area (Å²) in [7, 11) is 0. The minimum Gasteiger partial charge on any atom is -0.480 e. The molecule has 19 heavy (non-hydrogen) atoms. The predicted molar refractivity (Wildman–Crippen MR) is 76.1 cm³/mol. The van der Waals surface area contributed by atoms with E-state index in [1.807, 2.05) is 6.07 Å². The highest BCUT2D eigenvalue weighted by Crippen LogP contribution is 2.07. The van der Waals surface area contributed by atoms with Crippen LogP contribution in [0.15, 0.2) is 24.3 Å². The zero-order valence-corrected chi connectivity index (χ0v) is 11.4. The van der Waals surface area contributed by atoms with E-state index < -0.39 is 17.9 Å². The number of thiocarbonyl (C=S) groups is 1. The van der Waals surface area contributed by atoms with Crippen molar-refractivity contribution in [3.8, 4) is 0 Å². The van der Waals surface area contributed by atoms with Crippen molar-refractivity contribution in [2.75, 3.05) is 0 Å². The summed E-state index contributed by atoms with van der Waals surface area (Å²) in [5.41, 5.74) is 6.67. The third-order valence-corrected chi connectivity index (χ3v) is 2.72. The van der Waals surface area contributed by atoms with Gasteiger partial charge in [0.1, 0.15) is 6.04 Å². The van der Waals surface area contributed by atoms with Crippen LogP contribution >= 0.6 is 12.2 Å². The zero-order chi connectivity index (χ0) is 14.4. The molecule has 0 saturated heterocycles. The van der Waals surface area contributed by atoms with E-state index in [9.17, 15) is 9.59 Å². The van der Waals surface area contributed by atoms with Crippen LogP contribution < -0.4 is 11.1 Å². The first-order chi connectivity index (χ1) is 8.93. The molecule has 1 unspecified atom stereocenters. The topological polar surface area (TPSA) is 92.4 Å². The number of carboxylic acid groups (broad SMARTS) is 1. The summed E-state index contributed by atoms with van der Waals surface area (Å²) in [4.78, 5) is 23.1. The SMILES string of the molecule is CCC(NC(=O)c1cccc(CC(N)=S)c1)C(=O)O. The number of nitrogens with two attached hydrogens (primary N) is 1. The summed E-state index contributed by atoms with van der Waals surface area (Å²) in [6.07, 6.45) is 0.736. The Hall–Kier alpha value is -1.95. The second-order valence-electron chi connectivity index (χ2n) is 4.12. The fourth-order valence-electron chi connectivity index (χ4n) is 1.60. The van der Waals surface area contributed by atoms with Crippen LogP contribution in [0.1, 0.15) is 29.3 Å². The van der Waals surface area contributed by atoms with E-state index >= 15 is 0 Å². The van der Waals surface area contributed by atoms with Gasteiger partial charge in [-0.1, -0.05) is 31.3 Å². The van der Waals surface area contributed by atoms with Gasteiger partial charge in [0.05, 0.1) is 4.99 Å². The summed E-state index contributed by atoms with van der Waals surface area (Å²) in [5, 5.41) is 11.4. The van der Waals surface area contributed by atoms with Crippen LogP contribution in [0.25, 0.3) is 0 Å². The molecule has 0 radical (unpaired) electrons. The van der Waals surface area contributed by atoms with Crippen LogP contribution in [0.4, 0.5) is 0 Å². The van der Waals surface area contributed by atoms with Gasteiger partial charge in [-0.25, -0.2) is 4.79 Å². The lowest BCUT2D eigenvalue weighted by molar-refractivity contribution is -0.139. The molecule has 0 saturated carbocycles. The number of amides is 1. The number of hydrogen-bond acceptors (Lipinski definition) is 3. The Balaban J connectivity index is 2.82. The number of carbonyl (C=O) groups excluding carboxylic acids is 1. The first-order valence-corrected chi connectivity index (χ1v) is 6.25. The van der Waals surface area contributed by atoms with Crippen molar-refractivity contribution < 1.29 is 14.7 Å². The molecule has 1 aromatic rings. The van der Waals surface area contributed by atoms with E-state index in [1.165, 1.54) is 0 Å². The first kappa shape index (κ1) is 15.1. The lowest BCUT2D eigenvalue weighted by Crippen LogP contribution is -2.40. The van der Waals surface area contributed by atoms with E-state index in [0.717, 1.165) is 5.56 Å². The van der Waals surface area contributed by atoms with E-state index in [-0.39, 0.29) is 0 Å². The fraction of sp³-hybridized carbons (Fsp3) is 0.308. The standard InChI is InChI=1S/C13H16N2O3S/c1-2-10(13(17)18)15-12(16)9-5-3-4-8(6-9)7-11(14)19/h3-6,10H,2,7H2,1H3,(H2,14,19)(H,15,16)(H,17,18). The van der Waals surface area contributed by atoms with Gasteiger partial charge < -0.3 is 16.2 Å². The normalized spacial score (nSPS) is 11.6. The maximum atomic E-state index is 11.9. The minimum atomic E-state index is -1.05. The van der Waals surface area contributed by atoms with Crippen LogP contribution in [0, 0.1) is 0 Å². The van der Waals surface area contributed by atoms with Crippen LogP contribution in [0.2, 0.25) is 0 Å². The van der Waals surface area contributed by atoms with Crippen molar-refractivity contribution in [2.45, 2.75) is 25.8 Å². The molecule has 0 heterocycles. The summed E-state index contributed by atoms with van der Waals surface area (Å²) in [6, 6.07) is 5.91. The van der Waals surface area contributed by atoms with Crippen molar-refractivity contribution in [2.24, 2.45) is 5.73 Å². The Morgan fingerprint density at radius 3 is 2.68 bits per heavy atom. The summed E-state index contributed by atoms with van der Waals surface area (Å²) >= 11 is 4.81. The Bertz CT molecular complexity index is 502. The van der Waals surface area contributed by atoms with Crippen LogP contribution in [-0.2, 0) is 11.2 Å². The van der Waals surface area contributed by atoms with Gasteiger partial charge in [-0.3, -0.25) is 4.79 Å². The molecule has 0 aliphatic heterocycles. The lowest BCUT2D eigenvalue weighted by atomic mass is 10.1. The summed E-state index contributed by atoms with van der Waals surface area (Å²) in [6.45, 7) is 1.70. The Labute approximate surface area is 116 Å². The number of carbonyl (C=O) groups is 2. The number of benzene rings is 1. The maximum absolute atomic E-state index is 11.9. The highest BCUT2D eigenvalue weighted by atomic mass is 32.1. The number of nitrogens with one attached hydrogen (secondary N) is 1. The summed E-state index contributed by atoms with van der Waals surface area (Å²) < 4.78 is 0. The van der Waals surface area contributed by atoms with Crippen LogP contribution in [0.5, 0.6) is 0 Å². The molecular weight excluding hydrogens is 264 g/mol. The molecule has 0 aliphatic rings. The largest absolute Gasteiger partial charge is 0.480 e. The summed E-state index contributed by atoms with van der Waals surface area (Å²) in [5.74, 6) is -1.46. The lowest BCUT2D eigenvalue weighted by Gasteiger charge is -2.12. The molecule has 1 rings (SSSR count). The van der Waals surface area contributed by atoms with Gasteiger partial charge >= 0.3 is 5.97 Å². The van der Waals surface area contributed by atoms with Gasteiger partial charge in [-0.05, 0) is 24.1 Å². The quantitative estimate of drug-likeness (QED) is 0.679. The van der Waals surface area contributed by atoms with Gasteiger partial charge in [0.25, 0.3) is 5.91 Å². The van der Waals surface area contributed by atoms with Crippen molar-refractivity contribution >= 4 is 29.1 Å². The maximum Gasteiger partial charge on any atom is 0.326 e. The average Bonchev–Trinajstić information content (AvgIpc) is 2.34. The van der Waals surface area contributed by atoms with Gasteiger partial charge in [-0.2, -0.15) is 0 Å². The second-order valence-corrected chi connectivity index (χ2v) is 4.64. The molecule has 0 bridgehead atoms. The van der Waals surface area contributed by atoms with Gasteiger partial charge in [0.15, 0.2) is 0 Å². The molecule has 1 amide bonds. The number of rotatable bonds is 6. The highest BCUT2D eigenvalue weighted by molar-refractivity contribution is 7.80. The molecule has 1 aromatic carbocycles. The molecule has 0 aliphatic carbocycles. The Morgan fingerprint density at radius 1 is 1.47 bits per heavy atom. The highest BCUT2D eigenvalue weighted by Gasteiger charge is 2.18. The van der Waals surface area contributed by atoms with Crippen LogP contribution in [-0.4, -0.2) is 28.0 Å². The third-order valence-electron chi connectivity index (χ3n) is 2.58. The number of aliphatic carboxylic acids is 1. The van der Waals surface area contributed by atoms with Crippen molar-refractivity contribution in [1.29, 1.82) is 0 Å². The monoisotopic (exact) mass is 280 g/mol. The third kappa shape index (κ3) is 4.67. The number of carboxylic acids is 1. The first-order valence-electron chi connectivity index (χ1n) is 5.85. The van der Waals surface area contributed by atoms with Crippen molar-refractivity contribution in [1.82, 2.24) is 5.32 Å². The van der Waals surface area contributed by atoms with E-state index in [0.29, 0.717) is 23.4 Å². The fourth-order valence-corrected chi connectivity index (χ4v) is 1.77.